The van der Waals surface area contributed by atoms with Crippen molar-refractivity contribution >= 4 is 55.4 Å². The van der Waals surface area contributed by atoms with E-state index in [9.17, 15) is 10.1 Å². The highest BCUT2D eigenvalue weighted by atomic mass is 35.5. The lowest BCUT2D eigenvalue weighted by Crippen LogP contribution is -1.92. The summed E-state index contributed by atoms with van der Waals surface area (Å²) in [5.74, 6) is 0. The predicted octanol–water partition coefficient (Wildman–Crippen LogP) is 7.07. The summed E-state index contributed by atoms with van der Waals surface area (Å²) < 4.78 is 2.24. The van der Waals surface area contributed by atoms with E-state index in [1.165, 1.54) is 0 Å². The summed E-state index contributed by atoms with van der Waals surface area (Å²) >= 11 is 6.27. The zero-order chi connectivity index (χ0) is 19.7. The van der Waals surface area contributed by atoms with Crippen LogP contribution >= 0.6 is 11.6 Å². The quantitative estimate of drug-likeness (QED) is 0.232. The molecule has 2 aromatic heterocycles. The first-order chi connectivity index (χ1) is 14.1. The molecule has 0 N–H and O–H groups in total. The van der Waals surface area contributed by atoms with E-state index in [1.54, 1.807) is 12.1 Å². The third-order valence-corrected chi connectivity index (χ3v) is 5.93. The van der Waals surface area contributed by atoms with Crippen molar-refractivity contribution in [2.75, 3.05) is 0 Å². The zero-order valence-corrected chi connectivity index (χ0v) is 15.9. The van der Waals surface area contributed by atoms with Gasteiger partial charge in [0, 0.05) is 32.6 Å². The second kappa shape index (κ2) is 5.69. The number of nitro benzene ring substituents is 1. The van der Waals surface area contributed by atoms with Crippen molar-refractivity contribution in [3.05, 3.63) is 94.0 Å². The maximum Gasteiger partial charge on any atom is 0.277 e. The Kier molecular flexibility index (Phi) is 3.20. The summed E-state index contributed by atoms with van der Waals surface area (Å²) in [6.45, 7) is 0. The molecule has 138 valence electrons. The van der Waals surface area contributed by atoms with E-state index >= 15 is 0 Å². The minimum atomic E-state index is -0.318. The van der Waals surface area contributed by atoms with Crippen molar-refractivity contribution in [3.63, 3.8) is 0 Å². The fourth-order valence-corrected chi connectivity index (χ4v) is 4.76. The summed E-state index contributed by atoms with van der Waals surface area (Å²) in [5.41, 5.74) is 4.84. The van der Waals surface area contributed by atoms with E-state index in [1.807, 2.05) is 48.5 Å². The van der Waals surface area contributed by atoms with Crippen LogP contribution in [0.4, 0.5) is 5.69 Å². The highest BCUT2D eigenvalue weighted by Gasteiger charge is 2.22. The molecule has 2 heterocycles. The van der Waals surface area contributed by atoms with Crippen molar-refractivity contribution < 1.29 is 4.92 Å². The third-order valence-electron chi connectivity index (χ3n) is 5.69. The van der Waals surface area contributed by atoms with Crippen molar-refractivity contribution in [1.29, 1.82) is 0 Å². The molecular weight excluding hydrogens is 384 g/mol. The van der Waals surface area contributed by atoms with E-state index in [4.69, 9.17) is 11.6 Å². The Balaban J connectivity index is 1.86. The van der Waals surface area contributed by atoms with E-state index < -0.39 is 0 Å². The van der Waals surface area contributed by atoms with Crippen LogP contribution in [-0.2, 0) is 0 Å². The van der Waals surface area contributed by atoms with Crippen LogP contribution in [0.5, 0.6) is 0 Å². The van der Waals surface area contributed by atoms with E-state index in [0.29, 0.717) is 10.6 Å². The molecule has 0 aliphatic carbocycles. The second-order valence-electron chi connectivity index (χ2n) is 7.17. The average molecular weight is 397 g/mol. The van der Waals surface area contributed by atoms with Crippen LogP contribution in [0.25, 0.3) is 49.2 Å². The van der Waals surface area contributed by atoms with Gasteiger partial charge in [0.05, 0.1) is 27.0 Å². The first-order valence-corrected chi connectivity index (χ1v) is 9.63. The van der Waals surface area contributed by atoms with Crippen LogP contribution < -0.4 is 0 Å². The molecule has 0 unspecified atom stereocenters. The fourth-order valence-electron chi connectivity index (χ4n) is 4.59. The zero-order valence-electron chi connectivity index (χ0n) is 15.1. The molecule has 0 aliphatic heterocycles. The molecule has 0 atom stereocenters. The highest BCUT2D eigenvalue weighted by Crippen LogP contribution is 2.44. The molecule has 6 rings (SSSR count). The van der Waals surface area contributed by atoms with E-state index in [0.717, 1.165) is 43.7 Å². The van der Waals surface area contributed by atoms with Gasteiger partial charge in [-0.3, -0.25) is 10.1 Å². The third kappa shape index (κ3) is 2.09. The molecule has 0 bridgehead atoms. The van der Waals surface area contributed by atoms with Gasteiger partial charge in [-0.2, -0.15) is 0 Å². The van der Waals surface area contributed by atoms with Crippen LogP contribution in [0, 0.1) is 10.1 Å². The molecule has 6 aromatic rings. The molecule has 0 saturated carbocycles. The van der Waals surface area contributed by atoms with E-state index in [-0.39, 0.29) is 10.6 Å². The van der Waals surface area contributed by atoms with Crippen LogP contribution in [-0.4, -0.2) is 9.32 Å². The molecule has 5 heteroatoms. The topological polar surface area (TPSA) is 47.5 Å². The van der Waals surface area contributed by atoms with Crippen molar-refractivity contribution in [1.82, 2.24) is 4.40 Å². The summed E-state index contributed by atoms with van der Waals surface area (Å²) in [6.07, 6.45) is 0. The molecule has 4 nitrogen and oxygen atoms in total. The maximum atomic E-state index is 11.6. The van der Waals surface area contributed by atoms with Crippen molar-refractivity contribution in [2.24, 2.45) is 0 Å². The minimum Gasteiger partial charge on any atom is -0.308 e. The smallest absolute Gasteiger partial charge is 0.277 e. The van der Waals surface area contributed by atoms with Gasteiger partial charge in [-0.1, -0.05) is 54.1 Å². The molecule has 0 spiro atoms. The molecule has 0 amide bonds. The van der Waals surface area contributed by atoms with Crippen molar-refractivity contribution in [2.45, 2.75) is 0 Å². The van der Waals surface area contributed by atoms with Crippen LogP contribution in [0.15, 0.2) is 78.9 Å². The summed E-state index contributed by atoms with van der Waals surface area (Å²) in [6, 6.07) is 25.1. The minimum absolute atomic E-state index is 0.112. The molecule has 0 saturated heterocycles. The van der Waals surface area contributed by atoms with Gasteiger partial charge in [-0.05, 0) is 35.9 Å². The van der Waals surface area contributed by atoms with Gasteiger partial charge < -0.3 is 4.40 Å². The lowest BCUT2D eigenvalue weighted by Gasteiger charge is -2.06. The lowest BCUT2D eigenvalue weighted by molar-refractivity contribution is -0.384. The molecule has 0 aliphatic rings. The Morgan fingerprint density at radius 3 is 2.38 bits per heavy atom. The molecule has 0 radical (unpaired) electrons. The Hall–Kier alpha value is -3.63. The van der Waals surface area contributed by atoms with Gasteiger partial charge in [0.15, 0.2) is 0 Å². The standard InChI is InChI=1S/C24H13ClN2O2/c25-14-11-12-20-19(13-14)17-7-3-8-18-23-16(6-4-10-22(23)26(20)24(17)18)15-5-1-2-9-21(15)27(28)29/h1-13H. The van der Waals surface area contributed by atoms with Crippen LogP contribution in [0.3, 0.4) is 0 Å². The van der Waals surface area contributed by atoms with Gasteiger partial charge in [-0.25, -0.2) is 0 Å². The number of halogens is 1. The van der Waals surface area contributed by atoms with Gasteiger partial charge in [0.25, 0.3) is 5.69 Å². The summed E-state index contributed by atoms with van der Waals surface area (Å²) in [7, 11) is 0. The highest BCUT2D eigenvalue weighted by molar-refractivity contribution is 6.33. The Morgan fingerprint density at radius 2 is 1.52 bits per heavy atom. The van der Waals surface area contributed by atoms with Crippen LogP contribution in [0.1, 0.15) is 0 Å². The average Bonchev–Trinajstić information content (AvgIpc) is 3.25. The maximum absolute atomic E-state index is 11.6. The largest absolute Gasteiger partial charge is 0.308 e. The Morgan fingerprint density at radius 1 is 0.759 bits per heavy atom. The number of rotatable bonds is 2. The monoisotopic (exact) mass is 396 g/mol. The Labute approximate surface area is 170 Å². The molecular formula is C24H13ClN2O2. The predicted molar refractivity (Wildman–Crippen MR) is 118 cm³/mol. The molecule has 0 fully saturated rings. The van der Waals surface area contributed by atoms with Gasteiger partial charge in [-0.15, -0.1) is 0 Å². The first-order valence-electron chi connectivity index (χ1n) is 9.25. The molecule has 4 aromatic carbocycles. The number of hydrogen-bond donors (Lipinski definition) is 0. The first kappa shape index (κ1) is 16.3. The summed E-state index contributed by atoms with van der Waals surface area (Å²) in [4.78, 5) is 11.3. The van der Waals surface area contributed by atoms with Gasteiger partial charge >= 0.3 is 0 Å². The molecule has 29 heavy (non-hydrogen) atoms. The fraction of sp³-hybridized carbons (Fsp3) is 0. The normalized spacial score (nSPS) is 11.9. The Bertz CT molecular complexity index is 1600. The number of nitro groups is 1. The lowest BCUT2D eigenvalue weighted by atomic mass is 9.97. The number of hydrogen-bond acceptors (Lipinski definition) is 2. The van der Waals surface area contributed by atoms with Gasteiger partial charge in [0.2, 0.25) is 0 Å². The number of nitrogens with zero attached hydrogens (tertiary/aromatic N) is 2. The van der Waals surface area contributed by atoms with Crippen molar-refractivity contribution in [3.8, 4) is 11.1 Å². The SMILES string of the molecule is O=[N+]([O-])c1ccccc1-c1cccc2c1c1cccc3c4cc(Cl)ccc4n2c31. The summed E-state index contributed by atoms with van der Waals surface area (Å²) in [5, 5.41) is 16.7. The number of fused-ring (bicyclic) bond motifs is 6. The van der Waals surface area contributed by atoms with E-state index in [2.05, 4.69) is 22.6 Å². The number of aromatic nitrogens is 1. The second-order valence-corrected chi connectivity index (χ2v) is 7.61. The van der Waals surface area contributed by atoms with Gasteiger partial charge in [0.1, 0.15) is 0 Å². The number of para-hydroxylation sites is 2. The van der Waals surface area contributed by atoms with Crippen LogP contribution in [0.2, 0.25) is 5.02 Å². The number of benzene rings is 4.